The first kappa shape index (κ1) is 14.4. The maximum absolute atomic E-state index is 11.9. The topological polar surface area (TPSA) is 50.2 Å². The summed E-state index contributed by atoms with van der Waals surface area (Å²) in [5.74, 6) is 0.195. The summed E-state index contributed by atoms with van der Waals surface area (Å²) in [7, 11) is 0. The number of aliphatic hydroxyl groups is 1. The zero-order valence-corrected chi connectivity index (χ0v) is 11.7. The number of carbonyl (C=O) groups excluding carboxylic acids is 1. The standard InChI is InChI=1S/C15H21NO2/c1-10(2)11-6-7-12(16-9-11)13(17)8-14(18)15(3,4)5/h6-10,18H,1-5H3/b14-8-. The summed E-state index contributed by atoms with van der Waals surface area (Å²) in [6.07, 6.45) is 2.96. The van der Waals surface area contributed by atoms with Crippen LogP contribution < -0.4 is 0 Å². The molecule has 0 bridgehead atoms. The number of aromatic nitrogens is 1. The van der Waals surface area contributed by atoms with Crippen LogP contribution in [0.3, 0.4) is 0 Å². The lowest BCUT2D eigenvalue weighted by Gasteiger charge is -2.16. The Morgan fingerprint density at radius 2 is 1.94 bits per heavy atom. The summed E-state index contributed by atoms with van der Waals surface area (Å²) in [6.45, 7) is 9.69. The monoisotopic (exact) mass is 247 g/mol. The highest BCUT2D eigenvalue weighted by molar-refractivity contribution is 6.03. The number of aliphatic hydroxyl groups excluding tert-OH is 1. The molecule has 0 radical (unpaired) electrons. The molecule has 98 valence electrons. The number of nitrogens with zero attached hydrogens (tertiary/aromatic N) is 1. The molecule has 1 aromatic heterocycles. The van der Waals surface area contributed by atoms with Crippen LogP contribution in [0.2, 0.25) is 0 Å². The number of hydrogen-bond acceptors (Lipinski definition) is 3. The predicted octanol–water partition coefficient (Wildman–Crippen LogP) is 3.88. The van der Waals surface area contributed by atoms with Crippen molar-refractivity contribution < 1.29 is 9.90 Å². The Hall–Kier alpha value is -1.64. The zero-order chi connectivity index (χ0) is 13.9. The van der Waals surface area contributed by atoms with Crippen LogP contribution in [0.1, 0.15) is 56.6 Å². The molecular formula is C15H21NO2. The molecule has 0 aliphatic carbocycles. The highest BCUT2D eigenvalue weighted by atomic mass is 16.3. The van der Waals surface area contributed by atoms with Crippen LogP contribution in [0.15, 0.2) is 30.2 Å². The van der Waals surface area contributed by atoms with Crippen LogP contribution in [0.25, 0.3) is 0 Å². The second kappa shape index (κ2) is 5.34. The van der Waals surface area contributed by atoms with Crippen molar-refractivity contribution in [3.8, 4) is 0 Å². The summed E-state index contributed by atoms with van der Waals surface area (Å²) in [5, 5.41) is 9.77. The predicted molar refractivity (Wildman–Crippen MR) is 72.8 cm³/mol. The fourth-order valence-electron chi connectivity index (χ4n) is 1.31. The van der Waals surface area contributed by atoms with Crippen molar-refractivity contribution in [3.63, 3.8) is 0 Å². The Morgan fingerprint density at radius 1 is 1.33 bits per heavy atom. The second-order valence-corrected chi connectivity index (χ2v) is 5.78. The average Bonchev–Trinajstić information content (AvgIpc) is 2.27. The fourth-order valence-corrected chi connectivity index (χ4v) is 1.31. The van der Waals surface area contributed by atoms with Crippen molar-refractivity contribution in [2.45, 2.75) is 40.5 Å². The van der Waals surface area contributed by atoms with E-state index in [9.17, 15) is 9.90 Å². The Morgan fingerprint density at radius 3 is 2.33 bits per heavy atom. The average molecular weight is 247 g/mol. The number of rotatable bonds is 3. The number of pyridine rings is 1. The third kappa shape index (κ3) is 3.69. The first-order chi connectivity index (χ1) is 8.21. The first-order valence-electron chi connectivity index (χ1n) is 6.13. The molecule has 0 aliphatic rings. The van der Waals surface area contributed by atoms with Gasteiger partial charge >= 0.3 is 0 Å². The zero-order valence-electron chi connectivity index (χ0n) is 11.7. The van der Waals surface area contributed by atoms with Crippen molar-refractivity contribution in [3.05, 3.63) is 41.4 Å². The maximum Gasteiger partial charge on any atom is 0.207 e. The summed E-state index contributed by atoms with van der Waals surface area (Å²) < 4.78 is 0. The molecule has 3 nitrogen and oxygen atoms in total. The number of ketones is 1. The summed E-state index contributed by atoms with van der Waals surface area (Å²) >= 11 is 0. The lowest BCUT2D eigenvalue weighted by Crippen LogP contribution is -2.11. The van der Waals surface area contributed by atoms with E-state index in [1.54, 1.807) is 12.3 Å². The molecule has 0 atom stereocenters. The molecule has 0 saturated heterocycles. The smallest absolute Gasteiger partial charge is 0.207 e. The minimum Gasteiger partial charge on any atom is -0.512 e. The fraction of sp³-hybridized carbons (Fsp3) is 0.467. The molecule has 0 amide bonds. The number of carbonyl (C=O) groups is 1. The van der Waals surface area contributed by atoms with Crippen LogP contribution in [-0.2, 0) is 0 Å². The van der Waals surface area contributed by atoms with Crippen molar-refractivity contribution in [2.75, 3.05) is 0 Å². The molecule has 1 aromatic rings. The third-order valence-corrected chi connectivity index (χ3v) is 2.74. The van der Waals surface area contributed by atoms with Gasteiger partial charge in [0.2, 0.25) is 5.78 Å². The van der Waals surface area contributed by atoms with Gasteiger partial charge in [-0.1, -0.05) is 40.7 Å². The van der Waals surface area contributed by atoms with Crippen LogP contribution >= 0.6 is 0 Å². The minimum absolute atomic E-state index is 0.0715. The Bertz CT molecular complexity index is 450. The third-order valence-electron chi connectivity index (χ3n) is 2.74. The molecule has 3 heteroatoms. The van der Waals surface area contributed by atoms with Gasteiger partial charge in [0.05, 0.1) is 0 Å². The Labute approximate surface area is 109 Å². The summed E-state index contributed by atoms with van der Waals surface area (Å²) in [4.78, 5) is 16.0. The Kier molecular flexibility index (Phi) is 4.28. The summed E-state index contributed by atoms with van der Waals surface area (Å²) in [6, 6.07) is 3.59. The molecule has 0 saturated carbocycles. The maximum atomic E-state index is 11.9. The van der Waals surface area contributed by atoms with E-state index in [0.29, 0.717) is 11.6 Å². The van der Waals surface area contributed by atoms with Gasteiger partial charge in [-0.25, -0.2) is 0 Å². The van der Waals surface area contributed by atoms with Crippen LogP contribution in [0.4, 0.5) is 0 Å². The van der Waals surface area contributed by atoms with Gasteiger partial charge in [0, 0.05) is 17.7 Å². The lowest BCUT2D eigenvalue weighted by atomic mass is 9.93. The summed E-state index contributed by atoms with van der Waals surface area (Å²) in [5.41, 5.74) is 1.03. The first-order valence-corrected chi connectivity index (χ1v) is 6.13. The molecule has 0 spiro atoms. The SMILES string of the molecule is CC(C)c1ccc(C(=O)/C=C(\O)C(C)(C)C)nc1. The molecule has 1 N–H and O–H groups in total. The van der Waals surface area contributed by atoms with Gasteiger partial charge in [-0.05, 0) is 17.5 Å². The van der Waals surface area contributed by atoms with E-state index < -0.39 is 5.41 Å². The van der Waals surface area contributed by atoms with Gasteiger partial charge < -0.3 is 5.11 Å². The second-order valence-electron chi connectivity index (χ2n) is 5.78. The molecule has 0 fully saturated rings. The molecule has 0 aliphatic heterocycles. The molecule has 0 aromatic carbocycles. The Balaban J connectivity index is 2.92. The van der Waals surface area contributed by atoms with Crippen molar-refractivity contribution in [1.82, 2.24) is 4.98 Å². The molecule has 1 rings (SSSR count). The molecule has 1 heterocycles. The highest BCUT2D eigenvalue weighted by Crippen LogP contribution is 2.22. The van der Waals surface area contributed by atoms with E-state index in [-0.39, 0.29) is 11.5 Å². The van der Waals surface area contributed by atoms with Gasteiger partial charge in [0.15, 0.2) is 0 Å². The van der Waals surface area contributed by atoms with Gasteiger partial charge in [-0.3, -0.25) is 9.78 Å². The van der Waals surface area contributed by atoms with Gasteiger partial charge in [-0.15, -0.1) is 0 Å². The van der Waals surface area contributed by atoms with Crippen LogP contribution in [0, 0.1) is 5.41 Å². The van der Waals surface area contributed by atoms with E-state index in [2.05, 4.69) is 18.8 Å². The van der Waals surface area contributed by atoms with Gasteiger partial charge in [0.25, 0.3) is 0 Å². The van der Waals surface area contributed by atoms with E-state index in [1.807, 2.05) is 26.8 Å². The van der Waals surface area contributed by atoms with E-state index in [4.69, 9.17) is 0 Å². The van der Waals surface area contributed by atoms with Crippen LogP contribution in [-0.4, -0.2) is 15.9 Å². The molecule has 18 heavy (non-hydrogen) atoms. The highest BCUT2D eigenvalue weighted by Gasteiger charge is 2.18. The lowest BCUT2D eigenvalue weighted by molar-refractivity contribution is 0.103. The van der Waals surface area contributed by atoms with Gasteiger partial charge in [-0.2, -0.15) is 0 Å². The van der Waals surface area contributed by atoms with E-state index in [1.165, 1.54) is 6.08 Å². The van der Waals surface area contributed by atoms with Crippen molar-refractivity contribution in [2.24, 2.45) is 5.41 Å². The number of allylic oxidation sites excluding steroid dienone is 2. The number of hydrogen-bond donors (Lipinski definition) is 1. The normalized spacial score (nSPS) is 12.9. The van der Waals surface area contributed by atoms with Gasteiger partial charge in [0.1, 0.15) is 11.5 Å². The van der Waals surface area contributed by atoms with E-state index in [0.717, 1.165) is 5.56 Å². The molecular weight excluding hydrogens is 226 g/mol. The van der Waals surface area contributed by atoms with Crippen molar-refractivity contribution in [1.29, 1.82) is 0 Å². The largest absolute Gasteiger partial charge is 0.512 e. The van der Waals surface area contributed by atoms with E-state index >= 15 is 0 Å². The quantitative estimate of drug-likeness (QED) is 0.501. The van der Waals surface area contributed by atoms with Crippen molar-refractivity contribution >= 4 is 5.78 Å². The minimum atomic E-state index is -0.423. The van der Waals surface area contributed by atoms with Crippen LogP contribution in [0.5, 0.6) is 0 Å². The molecule has 0 unspecified atom stereocenters.